The molecule has 2 rings (SSSR count). The fourth-order valence-corrected chi connectivity index (χ4v) is 1.58. The van der Waals surface area contributed by atoms with E-state index >= 15 is 0 Å². The third kappa shape index (κ3) is 2.19. The fraction of sp³-hybridized carbons (Fsp3) is 0.231. The van der Waals surface area contributed by atoms with Crippen LogP contribution in [-0.4, -0.2) is 9.97 Å². The van der Waals surface area contributed by atoms with Gasteiger partial charge in [-0.2, -0.15) is 0 Å². The van der Waals surface area contributed by atoms with Crippen LogP contribution in [0.25, 0.3) is 0 Å². The molecule has 3 nitrogen and oxygen atoms in total. The quantitative estimate of drug-likeness (QED) is 0.830. The molecule has 0 spiro atoms. The average Bonchev–Trinajstić information content (AvgIpc) is 2.27. The van der Waals surface area contributed by atoms with Gasteiger partial charge in [0.25, 0.3) is 5.56 Å². The number of rotatable bonds is 2. The highest BCUT2D eigenvalue weighted by Gasteiger charge is 2.03. The number of nitrogens with one attached hydrogen (secondary N) is 1. The van der Waals surface area contributed by atoms with Crippen molar-refractivity contribution in [3.05, 3.63) is 63.3 Å². The van der Waals surface area contributed by atoms with Crippen LogP contribution in [0.1, 0.15) is 22.6 Å². The van der Waals surface area contributed by atoms with Crippen molar-refractivity contribution in [2.24, 2.45) is 0 Å². The van der Waals surface area contributed by atoms with Gasteiger partial charge in [0.15, 0.2) is 0 Å². The van der Waals surface area contributed by atoms with E-state index in [9.17, 15) is 4.79 Å². The van der Waals surface area contributed by atoms with Gasteiger partial charge in [-0.3, -0.25) is 4.79 Å². The topological polar surface area (TPSA) is 45.8 Å². The number of aryl methyl sites for hydroxylation is 1. The summed E-state index contributed by atoms with van der Waals surface area (Å²) >= 11 is 0. The van der Waals surface area contributed by atoms with Gasteiger partial charge in [0, 0.05) is 17.7 Å². The van der Waals surface area contributed by atoms with Crippen molar-refractivity contribution in [2.45, 2.75) is 20.3 Å². The van der Waals surface area contributed by atoms with Crippen LogP contribution in [0.2, 0.25) is 0 Å². The normalized spacial score (nSPS) is 10.4. The molecule has 3 heteroatoms. The lowest BCUT2D eigenvalue weighted by molar-refractivity contribution is 0.902. The Bertz CT molecular complexity index is 544. The summed E-state index contributed by atoms with van der Waals surface area (Å²) in [7, 11) is 0. The van der Waals surface area contributed by atoms with Gasteiger partial charge in [0.2, 0.25) is 0 Å². The number of hydrogen-bond acceptors (Lipinski definition) is 2. The van der Waals surface area contributed by atoms with Crippen LogP contribution < -0.4 is 5.56 Å². The average molecular weight is 214 g/mol. The van der Waals surface area contributed by atoms with Crippen LogP contribution in [0, 0.1) is 13.8 Å². The zero-order valence-corrected chi connectivity index (χ0v) is 9.45. The van der Waals surface area contributed by atoms with Gasteiger partial charge >= 0.3 is 0 Å². The van der Waals surface area contributed by atoms with E-state index in [0.717, 1.165) is 17.1 Å². The van der Waals surface area contributed by atoms with E-state index in [1.807, 2.05) is 37.3 Å². The van der Waals surface area contributed by atoms with Crippen LogP contribution >= 0.6 is 0 Å². The van der Waals surface area contributed by atoms with E-state index < -0.39 is 0 Å². The summed E-state index contributed by atoms with van der Waals surface area (Å²) in [5.41, 5.74) is 2.60. The lowest BCUT2D eigenvalue weighted by Crippen LogP contribution is -2.16. The summed E-state index contributed by atoms with van der Waals surface area (Å²) in [5.74, 6) is 0.722. The van der Waals surface area contributed by atoms with E-state index in [1.54, 1.807) is 6.92 Å². The molecule has 0 aliphatic rings. The van der Waals surface area contributed by atoms with Crippen molar-refractivity contribution in [1.82, 2.24) is 9.97 Å². The highest BCUT2D eigenvalue weighted by atomic mass is 16.1. The number of aromatic amines is 1. The minimum absolute atomic E-state index is 0.0431. The van der Waals surface area contributed by atoms with Crippen LogP contribution in [0.3, 0.4) is 0 Å². The second-order valence-corrected chi connectivity index (χ2v) is 3.89. The van der Waals surface area contributed by atoms with E-state index in [2.05, 4.69) is 9.97 Å². The first-order valence-electron chi connectivity index (χ1n) is 5.27. The molecular formula is C13H14N2O. The van der Waals surface area contributed by atoms with E-state index in [-0.39, 0.29) is 5.56 Å². The summed E-state index contributed by atoms with van der Waals surface area (Å²) in [4.78, 5) is 18.7. The van der Waals surface area contributed by atoms with E-state index in [4.69, 9.17) is 0 Å². The molecular weight excluding hydrogens is 200 g/mol. The predicted octanol–water partition coefficient (Wildman–Crippen LogP) is 1.98. The molecule has 1 aromatic heterocycles. The Morgan fingerprint density at radius 2 is 1.88 bits per heavy atom. The van der Waals surface area contributed by atoms with Crippen molar-refractivity contribution in [2.75, 3.05) is 0 Å². The molecule has 0 fully saturated rings. The molecule has 16 heavy (non-hydrogen) atoms. The van der Waals surface area contributed by atoms with Crippen molar-refractivity contribution in [1.29, 1.82) is 0 Å². The third-order valence-corrected chi connectivity index (χ3v) is 2.66. The minimum Gasteiger partial charge on any atom is -0.310 e. The molecule has 2 aromatic rings. The highest BCUT2D eigenvalue weighted by Crippen LogP contribution is 2.05. The van der Waals surface area contributed by atoms with Gasteiger partial charge < -0.3 is 4.98 Å². The molecule has 0 saturated carbocycles. The van der Waals surface area contributed by atoms with Gasteiger partial charge in [-0.15, -0.1) is 0 Å². The van der Waals surface area contributed by atoms with Crippen LogP contribution in [0.4, 0.5) is 0 Å². The molecule has 1 heterocycles. The number of aromatic nitrogens is 2. The SMILES string of the molecule is Cc1nc(Cc2ccccc2)[nH]c(=O)c1C. The van der Waals surface area contributed by atoms with E-state index in [0.29, 0.717) is 12.0 Å². The molecule has 1 aromatic carbocycles. The Hall–Kier alpha value is -1.90. The third-order valence-electron chi connectivity index (χ3n) is 2.66. The maximum absolute atomic E-state index is 11.6. The molecule has 1 N–H and O–H groups in total. The maximum Gasteiger partial charge on any atom is 0.254 e. The molecule has 0 atom stereocenters. The number of benzene rings is 1. The first-order chi connectivity index (χ1) is 7.66. The predicted molar refractivity (Wildman–Crippen MR) is 63.6 cm³/mol. The summed E-state index contributed by atoms with van der Waals surface area (Å²) in [5, 5.41) is 0. The first-order valence-corrected chi connectivity index (χ1v) is 5.27. The van der Waals surface area contributed by atoms with Gasteiger partial charge in [-0.25, -0.2) is 4.98 Å². The second kappa shape index (κ2) is 4.31. The van der Waals surface area contributed by atoms with Crippen LogP contribution in [0.5, 0.6) is 0 Å². The Morgan fingerprint density at radius 1 is 1.19 bits per heavy atom. The zero-order chi connectivity index (χ0) is 11.5. The Morgan fingerprint density at radius 3 is 2.50 bits per heavy atom. The minimum atomic E-state index is -0.0431. The Balaban J connectivity index is 2.33. The lowest BCUT2D eigenvalue weighted by Gasteiger charge is -2.04. The summed E-state index contributed by atoms with van der Waals surface area (Å²) < 4.78 is 0. The molecule has 0 amide bonds. The molecule has 0 saturated heterocycles. The van der Waals surface area contributed by atoms with Crippen molar-refractivity contribution in [3.8, 4) is 0 Å². The first kappa shape index (κ1) is 10.6. The largest absolute Gasteiger partial charge is 0.310 e. The number of H-pyrrole nitrogens is 1. The number of nitrogens with zero attached hydrogens (tertiary/aromatic N) is 1. The van der Waals surface area contributed by atoms with Gasteiger partial charge in [0.05, 0.1) is 0 Å². The maximum atomic E-state index is 11.6. The van der Waals surface area contributed by atoms with Crippen molar-refractivity contribution >= 4 is 0 Å². The molecule has 0 radical (unpaired) electrons. The summed E-state index contributed by atoms with van der Waals surface area (Å²) in [6.45, 7) is 3.65. The second-order valence-electron chi connectivity index (χ2n) is 3.89. The van der Waals surface area contributed by atoms with E-state index in [1.165, 1.54) is 0 Å². The van der Waals surface area contributed by atoms with Crippen molar-refractivity contribution in [3.63, 3.8) is 0 Å². The highest BCUT2D eigenvalue weighted by molar-refractivity contribution is 5.21. The van der Waals surface area contributed by atoms with Crippen LogP contribution in [-0.2, 0) is 6.42 Å². The molecule has 0 bridgehead atoms. The Labute approximate surface area is 94.2 Å². The molecule has 0 unspecified atom stereocenters. The van der Waals surface area contributed by atoms with Gasteiger partial charge in [-0.05, 0) is 19.4 Å². The van der Waals surface area contributed by atoms with Crippen molar-refractivity contribution < 1.29 is 0 Å². The zero-order valence-electron chi connectivity index (χ0n) is 9.45. The molecule has 0 aliphatic carbocycles. The number of hydrogen-bond donors (Lipinski definition) is 1. The fourth-order valence-electron chi connectivity index (χ4n) is 1.58. The smallest absolute Gasteiger partial charge is 0.254 e. The molecule has 0 aliphatic heterocycles. The lowest BCUT2D eigenvalue weighted by atomic mass is 10.1. The van der Waals surface area contributed by atoms with Gasteiger partial charge in [0.1, 0.15) is 5.82 Å². The molecule has 82 valence electrons. The Kier molecular flexibility index (Phi) is 2.86. The summed E-state index contributed by atoms with van der Waals surface area (Å²) in [6, 6.07) is 9.98. The summed E-state index contributed by atoms with van der Waals surface area (Å²) in [6.07, 6.45) is 0.664. The van der Waals surface area contributed by atoms with Crippen LogP contribution in [0.15, 0.2) is 35.1 Å². The standard InChI is InChI=1S/C13H14N2O/c1-9-10(2)14-12(15-13(9)16)8-11-6-4-3-5-7-11/h3-7H,8H2,1-2H3,(H,14,15,16). The monoisotopic (exact) mass is 214 g/mol. The van der Waals surface area contributed by atoms with Gasteiger partial charge in [-0.1, -0.05) is 30.3 Å².